The highest BCUT2D eigenvalue weighted by Gasteiger charge is 2.26. The number of primary amides is 1. The predicted molar refractivity (Wildman–Crippen MR) is 83.1 cm³/mol. The van der Waals surface area contributed by atoms with E-state index < -0.39 is 0 Å². The average molecular weight is 305 g/mol. The van der Waals surface area contributed by atoms with Crippen molar-refractivity contribution in [2.75, 3.05) is 26.7 Å². The predicted octanol–water partition coefficient (Wildman–Crippen LogP) is 1.28. The van der Waals surface area contributed by atoms with Crippen LogP contribution in [0.25, 0.3) is 0 Å². The molecule has 1 aliphatic heterocycles. The number of hydrogen-bond donors (Lipinski definition) is 2. The molecule has 0 unspecified atom stereocenters. The van der Waals surface area contributed by atoms with Crippen molar-refractivity contribution in [3.8, 4) is 0 Å². The van der Waals surface area contributed by atoms with Crippen molar-refractivity contribution in [3.63, 3.8) is 0 Å². The lowest BCUT2D eigenvalue weighted by Gasteiger charge is -2.31. The maximum atomic E-state index is 12.2. The van der Waals surface area contributed by atoms with Gasteiger partial charge in [0.2, 0.25) is 5.91 Å². The van der Waals surface area contributed by atoms with Crippen LogP contribution in [0, 0.1) is 5.92 Å². The number of amides is 3. The Bertz CT molecular complexity index is 499. The third-order valence-electron chi connectivity index (χ3n) is 4.08. The summed E-state index contributed by atoms with van der Waals surface area (Å²) in [5, 5.41) is 2.89. The molecule has 0 aliphatic carbocycles. The molecule has 1 saturated heterocycles. The number of piperidine rings is 1. The first-order chi connectivity index (χ1) is 10.6. The second-order valence-corrected chi connectivity index (χ2v) is 5.48. The highest BCUT2D eigenvalue weighted by Crippen LogP contribution is 2.18. The van der Waals surface area contributed by atoms with Gasteiger partial charge in [-0.15, -0.1) is 0 Å². The number of benzene rings is 1. The van der Waals surface area contributed by atoms with Crippen LogP contribution in [0.15, 0.2) is 30.3 Å². The van der Waals surface area contributed by atoms with Crippen LogP contribution < -0.4 is 11.1 Å². The van der Waals surface area contributed by atoms with Gasteiger partial charge in [0.1, 0.15) is 0 Å². The summed E-state index contributed by atoms with van der Waals surface area (Å²) in [7, 11) is 1.63. The minimum absolute atomic E-state index is 0.111. The van der Waals surface area contributed by atoms with Gasteiger partial charge in [-0.25, -0.2) is 4.79 Å². The van der Waals surface area contributed by atoms with Gasteiger partial charge in [-0.3, -0.25) is 4.79 Å². The number of carbonyl (C=O) groups excluding carboxylic acids is 2. The van der Waals surface area contributed by atoms with E-state index in [-0.39, 0.29) is 24.0 Å². The molecule has 22 heavy (non-hydrogen) atoms. The number of likely N-dealkylation sites (tertiary alicyclic amines) is 1. The normalized spacial score (nSPS) is 17.0. The Morgan fingerprint density at radius 2 is 1.95 bits per heavy atom. The zero-order valence-corrected chi connectivity index (χ0v) is 12.8. The molecule has 0 saturated carbocycles. The van der Waals surface area contributed by atoms with Crippen LogP contribution in [0.5, 0.6) is 0 Å². The Hall–Kier alpha value is -2.08. The van der Waals surface area contributed by atoms with Gasteiger partial charge in [0.25, 0.3) is 0 Å². The van der Waals surface area contributed by atoms with Gasteiger partial charge in [0.05, 0.1) is 6.10 Å². The summed E-state index contributed by atoms with van der Waals surface area (Å²) in [4.78, 5) is 25.0. The first-order valence-electron chi connectivity index (χ1n) is 7.51. The smallest absolute Gasteiger partial charge is 0.317 e. The molecule has 6 nitrogen and oxygen atoms in total. The van der Waals surface area contributed by atoms with Gasteiger partial charge in [0, 0.05) is 32.7 Å². The van der Waals surface area contributed by atoms with Gasteiger partial charge >= 0.3 is 6.03 Å². The number of methoxy groups -OCH3 is 1. The molecule has 120 valence electrons. The van der Waals surface area contributed by atoms with Crippen molar-refractivity contribution in [3.05, 3.63) is 35.9 Å². The molecular weight excluding hydrogens is 282 g/mol. The summed E-state index contributed by atoms with van der Waals surface area (Å²) in [6, 6.07) is 9.64. The van der Waals surface area contributed by atoms with Crippen molar-refractivity contribution in [1.29, 1.82) is 0 Å². The van der Waals surface area contributed by atoms with Crippen molar-refractivity contribution in [1.82, 2.24) is 10.2 Å². The first-order valence-corrected chi connectivity index (χ1v) is 7.51. The van der Waals surface area contributed by atoms with Crippen LogP contribution in [0.2, 0.25) is 0 Å². The Kier molecular flexibility index (Phi) is 5.77. The number of nitrogens with two attached hydrogens (primary N) is 1. The largest absolute Gasteiger partial charge is 0.375 e. The van der Waals surface area contributed by atoms with E-state index in [1.807, 2.05) is 30.3 Å². The summed E-state index contributed by atoms with van der Waals surface area (Å²) < 4.78 is 5.43. The quantitative estimate of drug-likeness (QED) is 0.859. The van der Waals surface area contributed by atoms with E-state index in [1.54, 1.807) is 12.0 Å². The van der Waals surface area contributed by atoms with Crippen LogP contribution in [0.3, 0.4) is 0 Å². The van der Waals surface area contributed by atoms with Gasteiger partial charge in [0.15, 0.2) is 0 Å². The molecule has 0 bridgehead atoms. The molecule has 1 atom stereocenters. The van der Waals surface area contributed by atoms with E-state index in [9.17, 15) is 9.59 Å². The number of ether oxygens (including phenoxy) is 1. The fraction of sp³-hybridized carbons (Fsp3) is 0.500. The third-order valence-corrected chi connectivity index (χ3v) is 4.08. The Balaban J connectivity index is 1.81. The maximum absolute atomic E-state index is 12.2. The zero-order chi connectivity index (χ0) is 15.9. The van der Waals surface area contributed by atoms with Crippen LogP contribution in [-0.4, -0.2) is 43.6 Å². The molecule has 1 heterocycles. The van der Waals surface area contributed by atoms with E-state index in [2.05, 4.69) is 5.32 Å². The van der Waals surface area contributed by atoms with E-state index in [0.29, 0.717) is 32.5 Å². The van der Waals surface area contributed by atoms with Gasteiger partial charge in [-0.05, 0) is 18.4 Å². The lowest BCUT2D eigenvalue weighted by atomic mass is 9.96. The number of nitrogens with one attached hydrogen (secondary N) is 1. The highest BCUT2D eigenvalue weighted by molar-refractivity contribution is 5.78. The number of nitrogens with zero attached hydrogens (tertiary/aromatic N) is 1. The third kappa shape index (κ3) is 4.21. The lowest BCUT2D eigenvalue weighted by Crippen LogP contribution is -2.47. The average Bonchev–Trinajstić information content (AvgIpc) is 2.56. The monoisotopic (exact) mass is 305 g/mol. The summed E-state index contributed by atoms with van der Waals surface area (Å²) in [6.07, 6.45) is 1.10. The lowest BCUT2D eigenvalue weighted by molar-refractivity contribution is -0.123. The summed E-state index contributed by atoms with van der Waals surface area (Å²) in [5.41, 5.74) is 6.32. The van der Waals surface area contributed by atoms with Crippen molar-refractivity contribution < 1.29 is 14.3 Å². The number of hydrogen-bond acceptors (Lipinski definition) is 3. The summed E-state index contributed by atoms with van der Waals surface area (Å²) in [6.45, 7) is 1.53. The van der Waals surface area contributed by atoms with Gasteiger partial charge in [-0.1, -0.05) is 30.3 Å². The molecular formula is C16H23N3O3. The van der Waals surface area contributed by atoms with E-state index >= 15 is 0 Å². The van der Waals surface area contributed by atoms with Crippen molar-refractivity contribution in [2.45, 2.75) is 18.9 Å². The first kappa shape index (κ1) is 16.3. The molecule has 1 fully saturated rings. The van der Waals surface area contributed by atoms with Crippen LogP contribution >= 0.6 is 0 Å². The summed E-state index contributed by atoms with van der Waals surface area (Å²) >= 11 is 0. The Morgan fingerprint density at radius 3 is 2.50 bits per heavy atom. The molecule has 6 heteroatoms. The van der Waals surface area contributed by atoms with Crippen molar-refractivity contribution >= 4 is 11.9 Å². The molecule has 1 aromatic rings. The molecule has 0 aromatic heterocycles. The molecule has 3 amide bonds. The number of urea groups is 1. The van der Waals surface area contributed by atoms with Crippen LogP contribution in [0.1, 0.15) is 24.5 Å². The molecule has 0 radical (unpaired) electrons. The molecule has 0 spiro atoms. The molecule has 1 aliphatic rings. The van der Waals surface area contributed by atoms with E-state index in [1.165, 1.54) is 0 Å². The van der Waals surface area contributed by atoms with Crippen LogP contribution in [0.4, 0.5) is 4.79 Å². The van der Waals surface area contributed by atoms with E-state index in [0.717, 1.165) is 5.56 Å². The topological polar surface area (TPSA) is 84.7 Å². The Morgan fingerprint density at radius 1 is 1.32 bits per heavy atom. The number of rotatable bonds is 5. The van der Waals surface area contributed by atoms with Gasteiger partial charge in [-0.2, -0.15) is 0 Å². The standard InChI is InChI=1S/C16H23N3O3/c1-22-14(12-5-3-2-4-6-12)11-18-16(21)19-9-7-13(8-10-19)15(17)20/h2-6,13-14H,7-11H2,1H3,(H2,17,20)(H,18,21)/t14-/m0/s1. The zero-order valence-electron chi connectivity index (χ0n) is 12.8. The van der Waals surface area contributed by atoms with Gasteiger partial charge < -0.3 is 20.7 Å². The van der Waals surface area contributed by atoms with E-state index in [4.69, 9.17) is 10.5 Å². The fourth-order valence-electron chi connectivity index (χ4n) is 2.66. The molecule has 2 rings (SSSR count). The Labute approximate surface area is 130 Å². The highest BCUT2D eigenvalue weighted by atomic mass is 16.5. The van der Waals surface area contributed by atoms with Crippen LogP contribution in [-0.2, 0) is 9.53 Å². The molecule has 3 N–H and O–H groups in total. The minimum Gasteiger partial charge on any atom is -0.375 e. The minimum atomic E-state index is -0.274. The SMILES string of the molecule is CO[C@@H](CNC(=O)N1CCC(C(N)=O)CC1)c1ccccc1. The van der Waals surface area contributed by atoms with Crippen molar-refractivity contribution in [2.24, 2.45) is 11.7 Å². The second kappa shape index (κ2) is 7.79. The number of carbonyl (C=O) groups is 2. The second-order valence-electron chi connectivity index (χ2n) is 5.48. The summed E-state index contributed by atoms with van der Waals surface area (Å²) in [5.74, 6) is -0.385. The molecule has 1 aromatic carbocycles. The maximum Gasteiger partial charge on any atom is 0.317 e. The fourth-order valence-corrected chi connectivity index (χ4v) is 2.66.